The summed E-state index contributed by atoms with van der Waals surface area (Å²) in [6.07, 6.45) is 10.9. The van der Waals surface area contributed by atoms with Crippen LogP contribution in [0, 0.1) is 45.3 Å². The molecule has 3 nitrogen and oxygen atoms in total. The largest absolute Gasteiger partial charge is 0.393 e. The molecule has 33 heavy (non-hydrogen) atoms. The van der Waals surface area contributed by atoms with Gasteiger partial charge < -0.3 is 14.9 Å². The van der Waals surface area contributed by atoms with E-state index in [0.29, 0.717) is 23.7 Å². The van der Waals surface area contributed by atoms with Gasteiger partial charge in [-0.2, -0.15) is 0 Å². The van der Waals surface area contributed by atoms with Gasteiger partial charge in [-0.25, -0.2) is 0 Å². The predicted molar refractivity (Wildman–Crippen MR) is 134 cm³/mol. The van der Waals surface area contributed by atoms with Crippen LogP contribution in [0.25, 0.3) is 0 Å². The molecule has 5 fully saturated rings. The molecule has 3 heteroatoms. The van der Waals surface area contributed by atoms with Crippen molar-refractivity contribution in [1.29, 1.82) is 0 Å². The van der Waals surface area contributed by atoms with Gasteiger partial charge in [0, 0.05) is 0 Å². The first-order valence-electron chi connectivity index (χ1n) is 14.2. The number of fused-ring (bicyclic) bond motifs is 5. The quantitative estimate of drug-likeness (QED) is 0.455. The molecule has 4 aliphatic carbocycles. The lowest BCUT2D eigenvalue weighted by molar-refractivity contribution is -0.257. The molecule has 1 saturated heterocycles. The fraction of sp³-hybridized carbons (Fsp3) is 1.00. The number of hydrogen-bond donors (Lipinski definition) is 2. The molecule has 6 unspecified atom stereocenters. The fourth-order valence-electron chi connectivity index (χ4n) is 11.3. The molecule has 0 aromatic carbocycles. The average molecular weight is 461 g/mol. The Kier molecular flexibility index (Phi) is 5.38. The summed E-state index contributed by atoms with van der Waals surface area (Å²) in [5.74, 6) is 1.85. The first-order chi connectivity index (χ1) is 15.1. The zero-order valence-corrected chi connectivity index (χ0v) is 22.8. The second kappa shape index (κ2) is 7.22. The van der Waals surface area contributed by atoms with Gasteiger partial charge in [-0.3, -0.25) is 0 Å². The minimum Gasteiger partial charge on any atom is -0.393 e. The molecule has 2 N–H and O–H groups in total. The highest BCUT2D eigenvalue weighted by Gasteiger charge is 2.71. The van der Waals surface area contributed by atoms with Gasteiger partial charge in [0.25, 0.3) is 0 Å². The molecule has 0 spiro atoms. The number of aliphatic hydroxyl groups excluding tert-OH is 2. The summed E-state index contributed by atoms with van der Waals surface area (Å²) in [4.78, 5) is 0. The van der Waals surface area contributed by atoms with Crippen molar-refractivity contribution in [3.8, 4) is 0 Å². The molecule has 0 radical (unpaired) electrons. The highest BCUT2D eigenvalue weighted by atomic mass is 16.5. The van der Waals surface area contributed by atoms with Crippen molar-refractivity contribution in [3.05, 3.63) is 0 Å². The maximum atomic E-state index is 11.9. The van der Waals surface area contributed by atoms with E-state index in [2.05, 4.69) is 55.4 Å². The van der Waals surface area contributed by atoms with Crippen LogP contribution < -0.4 is 0 Å². The molecule has 1 aliphatic heterocycles. The van der Waals surface area contributed by atoms with Gasteiger partial charge in [0.2, 0.25) is 0 Å². The van der Waals surface area contributed by atoms with E-state index in [-0.39, 0.29) is 45.1 Å². The number of hydrogen-bond acceptors (Lipinski definition) is 3. The Morgan fingerprint density at radius 3 is 2.03 bits per heavy atom. The van der Waals surface area contributed by atoms with Gasteiger partial charge in [0.05, 0.1) is 23.4 Å². The van der Waals surface area contributed by atoms with Crippen molar-refractivity contribution in [1.82, 2.24) is 0 Å². The second-order valence-corrected chi connectivity index (χ2v) is 15.4. The lowest BCUT2D eigenvalue weighted by atomic mass is 9.35. The van der Waals surface area contributed by atoms with Crippen LogP contribution in [0.2, 0.25) is 0 Å². The minimum absolute atomic E-state index is 0.0375. The van der Waals surface area contributed by atoms with Crippen LogP contribution in [-0.4, -0.2) is 33.6 Å². The molecular formula is C30H52O3. The Morgan fingerprint density at radius 2 is 1.36 bits per heavy atom. The molecule has 190 valence electrons. The third kappa shape index (κ3) is 3.16. The van der Waals surface area contributed by atoms with Crippen molar-refractivity contribution >= 4 is 0 Å². The van der Waals surface area contributed by atoms with Crippen LogP contribution >= 0.6 is 0 Å². The van der Waals surface area contributed by atoms with Crippen molar-refractivity contribution in [2.24, 2.45) is 45.3 Å². The average Bonchev–Trinajstić information content (AvgIpc) is 3.07. The topological polar surface area (TPSA) is 49.7 Å². The van der Waals surface area contributed by atoms with Crippen LogP contribution in [0.15, 0.2) is 0 Å². The molecule has 4 saturated carbocycles. The van der Waals surface area contributed by atoms with Crippen LogP contribution in [0.1, 0.15) is 120 Å². The molecule has 0 aromatic rings. The molecule has 0 bridgehead atoms. The van der Waals surface area contributed by atoms with E-state index in [0.717, 1.165) is 32.1 Å². The molecule has 1 heterocycles. The van der Waals surface area contributed by atoms with Crippen LogP contribution in [0.5, 0.6) is 0 Å². The van der Waals surface area contributed by atoms with Gasteiger partial charge in [0.15, 0.2) is 0 Å². The molecule has 0 amide bonds. The zero-order valence-electron chi connectivity index (χ0n) is 22.8. The standard InChI is InChI=1S/C30H52O3/c1-25(2)13-9-14-30(8,33-25)19-10-16-29(7)24(19)20(31)18-22-27(5)15-12-23(32)26(3,4)21(27)11-17-28(22,29)6/h19-24,31-32H,9-18H2,1-8H3/t19?,20-,21?,22?,23+,24?,27+,28-,29?,30?/m1/s1. The number of ether oxygens (including phenoxy) is 1. The molecule has 10 atom stereocenters. The number of rotatable bonds is 1. The molecular weight excluding hydrogens is 408 g/mol. The molecule has 5 rings (SSSR count). The SMILES string of the molecule is CC1(C)CCCC(C)(C2CCC3(C)C2[C@H](O)CC2[C@@]4(C)CC[C@H](O)C(C)(C)C4CC[C@]23C)O1. The third-order valence-electron chi connectivity index (χ3n) is 13.1. The van der Waals surface area contributed by atoms with Crippen LogP contribution in [0.4, 0.5) is 0 Å². The Hall–Kier alpha value is -0.120. The van der Waals surface area contributed by atoms with Crippen LogP contribution in [0.3, 0.4) is 0 Å². The normalized spacial score (nSPS) is 57.6. The van der Waals surface area contributed by atoms with Gasteiger partial charge in [-0.05, 0) is 130 Å². The Labute approximate surface area is 203 Å². The zero-order chi connectivity index (χ0) is 24.2. The molecule has 0 aromatic heterocycles. The summed E-state index contributed by atoms with van der Waals surface area (Å²) in [5, 5.41) is 22.8. The van der Waals surface area contributed by atoms with Crippen molar-refractivity contribution in [2.45, 2.75) is 143 Å². The van der Waals surface area contributed by atoms with Gasteiger partial charge in [0.1, 0.15) is 0 Å². The summed E-state index contributed by atoms with van der Waals surface area (Å²) >= 11 is 0. The van der Waals surface area contributed by atoms with Gasteiger partial charge in [-0.1, -0.05) is 34.6 Å². The summed E-state index contributed by atoms with van der Waals surface area (Å²) in [6, 6.07) is 0. The Morgan fingerprint density at radius 1 is 0.697 bits per heavy atom. The first-order valence-corrected chi connectivity index (χ1v) is 14.2. The lowest BCUT2D eigenvalue weighted by Gasteiger charge is -2.70. The van der Waals surface area contributed by atoms with E-state index in [9.17, 15) is 10.2 Å². The van der Waals surface area contributed by atoms with E-state index in [1.165, 1.54) is 32.1 Å². The van der Waals surface area contributed by atoms with E-state index >= 15 is 0 Å². The highest BCUT2D eigenvalue weighted by Crippen LogP contribution is 2.76. The summed E-state index contributed by atoms with van der Waals surface area (Å²) < 4.78 is 6.86. The minimum atomic E-state index is -0.239. The predicted octanol–water partition coefficient (Wildman–Crippen LogP) is 6.74. The van der Waals surface area contributed by atoms with Crippen molar-refractivity contribution < 1.29 is 14.9 Å². The Bertz CT molecular complexity index is 789. The van der Waals surface area contributed by atoms with Gasteiger partial charge >= 0.3 is 0 Å². The summed E-state index contributed by atoms with van der Waals surface area (Å²) in [5.41, 5.74) is 0.392. The highest BCUT2D eigenvalue weighted by molar-refractivity contribution is 5.20. The van der Waals surface area contributed by atoms with Crippen LogP contribution in [-0.2, 0) is 4.74 Å². The third-order valence-corrected chi connectivity index (χ3v) is 13.1. The van der Waals surface area contributed by atoms with E-state index in [1.54, 1.807) is 0 Å². The smallest absolute Gasteiger partial charge is 0.0693 e. The van der Waals surface area contributed by atoms with E-state index < -0.39 is 0 Å². The maximum Gasteiger partial charge on any atom is 0.0693 e. The first kappa shape index (κ1) is 24.6. The summed E-state index contributed by atoms with van der Waals surface area (Å²) in [6.45, 7) is 19.2. The monoisotopic (exact) mass is 460 g/mol. The lowest BCUT2D eigenvalue weighted by Crippen LogP contribution is -2.66. The maximum absolute atomic E-state index is 11.9. The van der Waals surface area contributed by atoms with Crippen molar-refractivity contribution in [2.75, 3.05) is 0 Å². The summed E-state index contributed by atoms with van der Waals surface area (Å²) in [7, 11) is 0. The van der Waals surface area contributed by atoms with E-state index in [1.807, 2.05) is 0 Å². The van der Waals surface area contributed by atoms with Gasteiger partial charge in [-0.15, -0.1) is 0 Å². The molecule has 5 aliphatic rings. The fourth-order valence-corrected chi connectivity index (χ4v) is 11.3. The Balaban J connectivity index is 1.51. The van der Waals surface area contributed by atoms with E-state index in [4.69, 9.17) is 4.74 Å². The second-order valence-electron chi connectivity index (χ2n) is 15.4. The van der Waals surface area contributed by atoms with Crippen molar-refractivity contribution in [3.63, 3.8) is 0 Å². The number of aliphatic hydroxyl groups is 2.